The minimum Gasteiger partial charge on any atom is -0.465 e. The average molecular weight is 378 g/mol. The van der Waals surface area contributed by atoms with Crippen LogP contribution in [0.25, 0.3) is 0 Å². The van der Waals surface area contributed by atoms with E-state index < -0.39 is 5.97 Å². The van der Waals surface area contributed by atoms with Crippen LogP contribution < -0.4 is 20.1 Å². The molecule has 2 N–H and O–H groups in total. The molecule has 0 atom stereocenters. The molecule has 1 aliphatic rings. The van der Waals surface area contributed by atoms with E-state index in [-0.39, 0.29) is 12.4 Å². The number of fused-ring (bicyclic) bond motifs is 1. The van der Waals surface area contributed by atoms with Gasteiger partial charge in [-0.3, -0.25) is 0 Å². The average Bonchev–Trinajstić information content (AvgIpc) is 3.20. The normalized spacial score (nSPS) is 11.8. The molecule has 0 spiro atoms. The third-order valence-corrected chi connectivity index (χ3v) is 4.12. The van der Waals surface area contributed by atoms with Crippen LogP contribution in [-0.4, -0.2) is 29.8 Å². The number of hydrogen-bond donors (Lipinski definition) is 2. The van der Waals surface area contributed by atoms with Gasteiger partial charge in [0.05, 0.1) is 7.11 Å². The van der Waals surface area contributed by atoms with Crippen LogP contribution in [0.4, 0.5) is 17.5 Å². The predicted octanol–water partition coefficient (Wildman–Crippen LogP) is 3.35. The first-order chi connectivity index (χ1) is 13.7. The van der Waals surface area contributed by atoms with E-state index in [4.69, 9.17) is 14.2 Å². The molecule has 0 saturated heterocycles. The fourth-order valence-corrected chi connectivity index (χ4v) is 2.71. The number of carbonyl (C=O) groups excluding carboxylic acids is 1. The van der Waals surface area contributed by atoms with Crippen LogP contribution in [0.5, 0.6) is 11.5 Å². The highest BCUT2D eigenvalue weighted by atomic mass is 16.7. The number of methoxy groups -OCH3 is 1. The van der Waals surface area contributed by atoms with Crippen molar-refractivity contribution in [1.82, 2.24) is 9.97 Å². The van der Waals surface area contributed by atoms with Gasteiger partial charge in [-0.2, -0.15) is 4.98 Å². The van der Waals surface area contributed by atoms with Crippen molar-refractivity contribution in [3.63, 3.8) is 0 Å². The number of anilines is 3. The zero-order chi connectivity index (χ0) is 19.3. The number of ether oxygens (including phenoxy) is 3. The molecule has 0 bridgehead atoms. The molecular weight excluding hydrogens is 360 g/mol. The van der Waals surface area contributed by atoms with Crippen LogP contribution in [-0.2, 0) is 11.3 Å². The molecule has 0 radical (unpaired) electrons. The summed E-state index contributed by atoms with van der Waals surface area (Å²) >= 11 is 0. The van der Waals surface area contributed by atoms with Crippen molar-refractivity contribution < 1.29 is 19.0 Å². The van der Waals surface area contributed by atoms with E-state index in [1.54, 1.807) is 12.1 Å². The fourth-order valence-electron chi connectivity index (χ4n) is 2.71. The van der Waals surface area contributed by atoms with Gasteiger partial charge in [-0.25, -0.2) is 9.78 Å². The highest BCUT2D eigenvalue weighted by Gasteiger charge is 2.18. The Bertz CT molecular complexity index is 995. The van der Waals surface area contributed by atoms with Crippen molar-refractivity contribution in [2.24, 2.45) is 0 Å². The smallest absolute Gasteiger partial charge is 0.343 e. The zero-order valence-electron chi connectivity index (χ0n) is 15.1. The number of carbonyl (C=O) groups is 1. The lowest BCUT2D eigenvalue weighted by atomic mass is 10.2. The maximum Gasteiger partial charge on any atom is 0.343 e. The molecule has 8 nitrogen and oxygen atoms in total. The van der Waals surface area contributed by atoms with E-state index in [0.29, 0.717) is 35.5 Å². The minimum absolute atomic E-state index is 0.188. The Morgan fingerprint density at radius 2 is 1.96 bits per heavy atom. The predicted molar refractivity (Wildman–Crippen MR) is 103 cm³/mol. The Balaban J connectivity index is 1.58. The van der Waals surface area contributed by atoms with Crippen LogP contribution in [0, 0.1) is 0 Å². The Labute approximate surface area is 161 Å². The number of benzene rings is 2. The summed E-state index contributed by atoms with van der Waals surface area (Å²) in [7, 11) is 1.31. The summed E-state index contributed by atoms with van der Waals surface area (Å²) < 4.78 is 15.5. The lowest BCUT2D eigenvalue weighted by Crippen LogP contribution is -2.11. The molecule has 1 aromatic heterocycles. The van der Waals surface area contributed by atoms with E-state index in [0.717, 1.165) is 5.56 Å². The van der Waals surface area contributed by atoms with E-state index in [9.17, 15) is 4.79 Å². The minimum atomic E-state index is -0.530. The quantitative estimate of drug-likeness (QED) is 0.631. The Morgan fingerprint density at radius 1 is 1.14 bits per heavy atom. The van der Waals surface area contributed by atoms with Crippen molar-refractivity contribution in [3.8, 4) is 11.5 Å². The largest absolute Gasteiger partial charge is 0.465 e. The van der Waals surface area contributed by atoms with Crippen LogP contribution in [0.3, 0.4) is 0 Å². The molecule has 1 aliphatic heterocycles. The Kier molecular flexibility index (Phi) is 4.92. The molecule has 0 unspecified atom stereocenters. The number of nitrogens with zero attached hydrogens (tertiary/aromatic N) is 2. The van der Waals surface area contributed by atoms with Gasteiger partial charge in [0.25, 0.3) is 0 Å². The van der Waals surface area contributed by atoms with Crippen LogP contribution in [0.2, 0.25) is 0 Å². The van der Waals surface area contributed by atoms with Crippen LogP contribution in [0.1, 0.15) is 15.9 Å². The van der Waals surface area contributed by atoms with Crippen molar-refractivity contribution in [2.45, 2.75) is 6.54 Å². The SMILES string of the molecule is COC(=O)c1cnc(NCc2ccccc2)nc1Nc1ccc2c(c1)OCO2. The highest BCUT2D eigenvalue weighted by molar-refractivity contribution is 5.95. The van der Waals surface area contributed by atoms with Gasteiger partial charge in [-0.15, -0.1) is 0 Å². The lowest BCUT2D eigenvalue weighted by Gasteiger charge is -2.12. The van der Waals surface area contributed by atoms with Gasteiger partial charge in [-0.05, 0) is 17.7 Å². The molecule has 28 heavy (non-hydrogen) atoms. The lowest BCUT2D eigenvalue weighted by molar-refractivity contribution is 0.0601. The summed E-state index contributed by atoms with van der Waals surface area (Å²) in [5, 5.41) is 6.28. The molecule has 8 heteroatoms. The number of rotatable bonds is 6. The third kappa shape index (κ3) is 3.80. The van der Waals surface area contributed by atoms with E-state index in [2.05, 4.69) is 20.6 Å². The molecule has 0 fully saturated rings. The maximum absolute atomic E-state index is 12.1. The van der Waals surface area contributed by atoms with E-state index >= 15 is 0 Å². The number of hydrogen-bond acceptors (Lipinski definition) is 8. The molecule has 3 aromatic rings. The first-order valence-corrected chi connectivity index (χ1v) is 8.63. The maximum atomic E-state index is 12.1. The topological polar surface area (TPSA) is 94.6 Å². The first kappa shape index (κ1) is 17.6. The van der Waals surface area contributed by atoms with Gasteiger partial charge in [-0.1, -0.05) is 30.3 Å². The number of aromatic nitrogens is 2. The second-order valence-corrected chi connectivity index (χ2v) is 5.98. The summed E-state index contributed by atoms with van der Waals surface area (Å²) in [6, 6.07) is 15.3. The second kappa shape index (κ2) is 7.83. The van der Waals surface area contributed by atoms with Gasteiger partial charge in [0.1, 0.15) is 5.56 Å². The number of nitrogens with one attached hydrogen (secondary N) is 2. The van der Waals surface area contributed by atoms with Gasteiger partial charge in [0.15, 0.2) is 17.3 Å². The highest BCUT2D eigenvalue weighted by Crippen LogP contribution is 2.35. The molecule has 2 heterocycles. The summed E-state index contributed by atoms with van der Waals surface area (Å²) in [4.78, 5) is 20.7. The summed E-state index contributed by atoms with van der Waals surface area (Å²) in [6.07, 6.45) is 1.43. The molecule has 0 aliphatic carbocycles. The van der Waals surface area contributed by atoms with E-state index in [1.807, 2.05) is 36.4 Å². The Morgan fingerprint density at radius 3 is 2.79 bits per heavy atom. The van der Waals surface area contributed by atoms with Crippen molar-refractivity contribution >= 4 is 23.4 Å². The molecule has 4 rings (SSSR count). The third-order valence-electron chi connectivity index (χ3n) is 4.12. The molecule has 0 amide bonds. The molecular formula is C20H18N4O4. The fraction of sp³-hybridized carbons (Fsp3) is 0.150. The van der Waals surface area contributed by atoms with Crippen LogP contribution in [0.15, 0.2) is 54.7 Å². The molecule has 142 valence electrons. The van der Waals surface area contributed by atoms with Gasteiger partial charge >= 0.3 is 5.97 Å². The Hall–Kier alpha value is -3.81. The zero-order valence-corrected chi connectivity index (χ0v) is 15.1. The summed E-state index contributed by atoms with van der Waals surface area (Å²) in [5.41, 5.74) is 2.01. The first-order valence-electron chi connectivity index (χ1n) is 8.63. The monoisotopic (exact) mass is 378 g/mol. The second-order valence-electron chi connectivity index (χ2n) is 5.98. The van der Waals surface area contributed by atoms with E-state index in [1.165, 1.54) is 13.3 Å². The van der Waals surface area contributed by atoms with Gasteiger partial charge in [0.2, 0.25) is 12.7 Å². The van der Waals surface area contributed by atoms with Gasteiger partial charge in [0, 0.05) is 24.5 Å². The summed E-state index contributed by atoms with van der Waals surface area (Å²) in [6.45, 7) is 0.745. The van der Waals surface area contributed by atoms with Crippen LogP contribution >= 0.6 is 0 Å². The standard InChI is InChI=1S/C20H18N4O4/c1-26-19(25)15-11-22-20(21-10-13-5-3-2-4-6-13)24-18(15)23-14-7-8-16-17(9-14)28-12-27-16/h2-9,11H,10,12H2,1H3,(H2,21,22,23,24). The van der Waals surface area contributed by atoms with Crippen molar-refractivity contribution in [2.75, 3.05) is 24.5 Å². The molecule has 0 saturated carbocycles. The van der Waals surface area contributed by atoms with Crippen molar-refractivity contribution in [1.29, 1.82) is 0 Å². The molecule has 2 aromatic carbocycles. The summed E-state index contributed by atoms with van der Waals surface area (Å²) in [5.74, 6) is 1.49. The van der Waals surface area contributed by atoms with Crippen molar-refractivity contribution in [3.05, 3.63) is 65.9 Å². The van der Waals surface area contributed by atoms with Gasteiger partial charge < -0.3 is 24.8 Å². The number of esters is 1.